The Kier molecular flexibility index (Phi) is 14.2. The van der Waals surface area contributed by atoms with E-state index in [2.05, 4.69) is 24.3 Å². The molecule has 1 heterocycles. The molecular weight excluding hydrogens is 634 g/mol. The Bertz CT molecular complexity index is 1630. The number of piperidine rings is 1. The summed E-state index contributed by atoms with van der Waals surface area (Å²) in [6, 6.07) is 18.1. The number of anilines is 2. The number of carbonyl (C=O) groups is 3. The number of para-hydroxylation sites is 1. The SMILES string of the molecule is COc1cc(C(=O)N(C)c2ccc(C)cc2OCCCC=CC(=O)N2CCC(N(C)C)CC2)ccc1NC(=O)c1ccccc1OCCCN. The lowest BCUT2D eigenvalue weighted by molar-refractivity contribution is -0.127. The third-order valence-electron chi connectivity index (χ3n) is 8.76. The topological polar surface area (TPSA) is 127 Å². The fourth-order valence-electron chi connectivity index (χ4n) is 5.76. The zero-order valence-electron chi connectivity index (χ0n) is 29.9. The summed E-state index contributed by atoms with van der Waals surface area (Å²) in [5.74, 6) is 0.804. The Balaban J connectivity index is 1.35. The van der Waals surface area contributed by atoms with E-state index in [4.69, 9.17) is 19.9 Å². The van der Waals surface area contributed by atoms with Gasteiger partial charge in [0.1, 0.15) is 17.2 Å². The molecule has 268 valence electrons. The van der Waals surface area contributed by atoms with Gasteiger partial charge in [-0.1, -0.05) is 24.3 Å². The molecule has 1 aliphatic heterocycles. The first-order valence-electron chi connectivity index (χ1n) is 17.2. The fourth-order valence-corrected chi connectivity index (χ4v) is 5.76. The van der Waals surface area contributed by atoms with E-state index in [1.165, 1.54) is 12.0 Å². The van der Waals surface area contributed by atoms with E-state index in [-0.39, 0.29) is 17.7 Å². The van der Waals surface area contributed by atoms with Crippen molar-refractivity contribution in [3.05, 3.63) is 89.5 Å². The van der Waals surface area contributed by atoms with Gasteiger partial charge < -0.3 is 40.0 Å². The maximum absolute atomic E-state index is 13.7. The normalized spacial score (nSPS) is 13.4. The zero-order chi connectivity index (χ0) is 36.0. The summed E-state index contributed by atoms with van der Waals surface area (Å²) >= 11 is 0. The Morgan fingerprint density at radius 3 is 2.36 bits per heavy atom. The summed E-state index contributed by atoms with van der Waals surface area (Å²) in [7, 11) is 7.35. The standard InChI is InChI=1S/C39H51N5O6/c1-28-15-18-33(36(26-28)50-24-10-6-7-14-37(45)44-22-19-30(20-23-44)42(2)3)43(4)39(47)29-16-17-32(35(27-29)48-5)41-38(46)31-12-8-9-13-34(31)49-25-11-21-40/h7-9,12-18,26-27,30H,6,10-11,19-25,40H2,1-5H3,(H,41,46). The lowest BCUT2D eigenvalue weighted by Crippen LogP contribution is -2.43. The van der Waals surface area contributed by atoms with E-state index in [0.717, 1.165) is 31.5 Å². The maximum atomic E-state index is 13.7. The summed E-state index contributed by atoms with van der Waals surface area (Å²) in [4.78, 5) is 45.2. The molecular formula is C39H51N5O6. The van der Waals surface area contributed by atoms with Crippen LogP contribution in [0.1, 0.15) is 58.4 Å². The highest BCUT2D eigenvalue weighted by Crippen LogP contribution is 2.32. The smallest absolute Gasteiger partial charge is 0.259 e. The minimum absolute atomic E-state index is 0.0604. The highest BCUT2D eigenvalue weighted by atomic mass is 16.5. The summed E-state index contributed by atoms with van der Waals surface area (Å²) < 4.78 is 17.5. The van der Waals surface area contributed by atoms with Gasteiger partial charge in [0, 0.05) is 31.7 Å². The number of rotatable bonds is 16. The number of benzene rings is 3. The number of hydrogen-bond acceptors (Lipinski definition) is 8. The minimum atomic E-state index is -0.369. The number of hydrogen-bond donors (Lipinski definition) is 2. The Morgan fingerprint density at radius 2 is 1.64 bits per heavy atom. The van der Waals surface area contributed by atoms with Crippen molar-refractivity contribution in [2.75, 3.05) is 71.3 Å². The van der Waals surface area contributed by atoms with Gasteiger partial charge in [-0.2, -0.15) is 0 Å². The van der Waals surface area contributed by atoms with Crippen LogP contribution in [-0.2, 0) is 4.79 Å². The maximum Gasteiger partial charge on any atom is 0.259 e. The van der Waals surface area contributed by atoms with E-state index in [9.17, 15) is 14.4 Å². The molecule has 3 amide bonds. The van der Waals surface area contributed by atoms with E-state index < -0.39 is 0 Å². The fraction of sp³-hybridized carbons (Fsp3) is 0.410. The molecule has 1 aliphatic rings. The number of amides is 3. The average Bonchev–Trinajstić information content (AvgIpc) is 3.12. The highest BCUT2D eigenvalue weighted by Gasteiger charge is 2.23. The van der Waals surface area contributed by atoms with Gasteiger partial charge in [0.05, 0.1) is 37.3 Å². The van der Waals surface area contributed by atoms with Crippen molar-refractivity contribution in [1.82, 2.24) is 9.80 Å². The van der Waals surface area contributed by atoms with Gasteiger partial charge in [-0.3, -0.25) is 14.4 Å². The van der Waals surface area contributed by atoms with Gasteiger partial charge in [-0.25, -0.2) is 0 Å². The zero-order valence-corrected chi connectivity index (χ0v) is 29.9. The minimum Gasteiger partial charge on any atom is -0.495 e. The molecule has 3 aromatic carbocycles. The largest absolute Gasteiger partial charge is 0.495 e. The second-order valence-electron chi connectivity index (χ2n) is 12.6. The number of nitrogens with one attached hydrogen (secondary N) is 1. The monoisotopic (exact) mass is 685 g/mol. The summed E-state index contributed by atoms with van der Waals surface area (Å²) in [6.07, 6.45) is 7.65. The Morgan fingerprint density at radius 1 is 0.920 bits per heavy atom. The second-order valence-corrected chi connectivity index (χ2v) is 12.6. The molecule has 0 atom stereocenters. The molecule has 0 spiro atoms. The van der Waals surface area contributed by atoms with Crippen molar-refractivity contribution in [3.63, 3.8) is 0 Å². The number of unbranched alkanes of at least 4 members (excludes halogenated alkanes) is 1. The number of aryl methyl sites for hydroxylation is 1. The Hall–Kier alpha value is -4.87. The molecule has 0 aliphatic carbocycles. The van der Waals surface area contributed by atoms with Crippen LogP contribution in [0.25, 0.3) is 0 Å². The average molecular weight is 686 g/mol. The third kappa shape index (κ3) is 10.3. The van der Waals surface area contributed by atoms with Crippen LogP contribution in [0.15, 0.2) is 72.8 Å². The first kappa shape index (κ1) is 37.9. The summed E-state index contributed by atoms with van der Waals surface area (Å²) in [5.41, 5.74) is 8.36. The molecule has 3 N–H and O–H groups in total. The van der Waals surface area contributed by atoms with Gasteiger partial charge in [0.2, 0.25) is 5.91 Å². The van der Waals surface area contributed by atoms with Crippen LogP contribution in [-0.4, -0.2) is 94.7 Å². The lowest BCUT2D eigenvalue weighted by Gasteiger charge is -2.34. The molecule has 11 heteroatoms. The first-order valence-corrected chi connectivity index (χ1v) is 17.2. The Labute approximate surface area is 296 Å². The first-order chi connectivity index (χ1) is 24.1. The van der Waals surface area contributed by atoms with Crippen LogP contribution in [0.5, 0.6) is 17.2 Å². The van der Waals surface area contributed by atoms with Gasteiger partial charge in [-0.05, 0) is 114 Å². The van der Waals surface area contributed by atoms with Crippen molar-refractivity contribution >= 4 is 29.1 Å². The van der Waals surface area contributed by atoms with Crippen molar-refractivity contribution in [2.24, 2.45) is 5.73 Å². The number of nitrogens with two attached hydrogens (primary N) is 1. The molecule has 3 aromatic rings. The van der Waals surface area contributed by atoms with Crippen LogP contribution in [0.4, 0.5) is 11.4 Å². The molecule has 11 nitrogen and oxygen atoms in total. The molecule has 0 aromatic heterocycles. The van der Waals surface area contributed by atoms with E-state index in [0.29, 0.717) is 84.8 Å². The number of carbonyl (C=O) groups excluding carboxylic acids is 3. The van der Waals surface area contributed by atoms with Crippen LogP contribution >= 0.6 is 0 Å². The van der Waals surface area contributed by atoms with E-state index in [1.54, 1.807) is 55.6 Å². The molecule has 0 unspecified atom stereocenters. The van der Waals surface area contributed by atoms with Crippen LogP contribution in [0.3, 0.4) is 0 Å². The van der Waals surface area contributed by atoms with Crippen molar-refractivity contribution in [3.8, 4) is 17.2 Å². The predicted molar refractivity (Wildman–Crippen MR) is 198 cm³/mol. The number of methoxy groups -OCH3 is 1. The molecule has 0 bridgehead atoms. The van der Waals surface area contributed by atoms with Gasteiger partial charge in [0.15, 0.2) is 0 Å². The van der Waals surface area contributed by atoms with Gasteiger partial charge >= 0.3 is 0 Å². The molecule has 4 rings (SSSR count). The quantitative estimate of drug-likeness (QED) is 0.149. The summed E-state index contributed by atoms with van der Waals surface area (Å²) in [5, 5.41) is 2.88. The molecule has 1 saturated heterocycles. The van der Waals surface area contributed by atoms with Crippen LogP contribution in [0, 0.1) is 6.92 Å². The second kappa shape index (κ2) is 18.8. The highest BCUT2D eigenvalue weighted by molar-refractivity contribution is 6.09. The molecule has 50 heavy (non-hydrogen) atoms. The summed E-state index contributed by atoms with van der Waals surface area (Å²) in [6.45, 7) is 4.85. The van der Waals surface area contributed by atoms with Crippen molar-refractivity contribution < 1.29 is 28.6 Å². The number of nitrogens with zero attached hydrogens (tertiary/aromatic N) is 3. The van der Waals surface area contributed by atoms with E-state index >= 15 is 0 Å². The third-order valence-corrected chi connectivity index (χ3v) is 8.76. The van der Waals surface area contributed by atoms with Crippen LogP contribution < -0.4 is 30.2 Å². The number of likely N-dealkylation sites (tertiary alicyclic amines) is 1. The number of allylic oxidation sites excluding steroid dienone is 1. The molecule has 0 saturated carbocycles. The van der Waals surface area contributed by atoms with Crippen molar-refractivity contribution in [2.45, 2.75) is 45.1 Å². The number of ether oxygens (including phenoxy) is 3. The lowest BCUT2D eigenvalue weighted by atomic mass is 10.0. The van der Waals surface area contributed by atoms with Crippen molar-refractivity contribution in [1.29, 1.82) is 0 Å². The predicted octanol–water partition coefficient (Wildman–Crippen LogP) is 5.53. The van der Waals surface area contributed by atoms with E-state index in [1.807, 2.05) is 36.1 Å². The van der Waals surface area contributed by atoms with Crippen LogP contribution in [0.2, 0.25) is 0 Å². The van der Waals surface area contributed by atoms with Gasteiger partial charge in [0.25, 0.3) is 11.8 Å². The van der Waals surface area contributed by atoms with Gasteiger partial charge in [-0.15, -0.1) is 0 Å². The molecule has 0 radical (unpaired) electrons. The molecule has 1 fully saturated rings.